The molecule has 0 aromatic heterocycles. The van der Waals surface area contributed by atoms with Gasteiger partial charge in [0.25, 0.3) is 0 Å². The van der Waals surface area contributed by atoms with E-state index in [2.05, 4.69) is 46.8 Å². The fourth-order valence-electron chi connectivity index (χ4n) is 4.72. The summed E-state index contributed by atoms with van der Waals surface area (Å²) in [6.45, 7) is 11.7. The van der Waals surface area contributed by atoms with Gasteiger partial charge >= 0.3 is 0 Å². The highest BCUT2D eigenvalue weighted by Crippen LogP contribution is 2.51. The molecule has 0 saturated heterocycles. The summed E-state index contributed by atoms with van der Waals surface area (Å²) < 4.78 is 0. The molecule has 0 unspecified atom stereocenters. The highest BCUT2D eigenvalue weighted by Gasteiger charge is 2.45. The molecule has 1 saturated carbocycles. The van der Waals surface area contributed by atoms with Crippen LogP contribution >= 0.6 is 0 Å². The van der Waals surface area contributed by atoms with Gasteiger partial charge in [-0.2, -0.15) is 0 Å². The Kier molecular flexibility index (Phi) is 4.55. The second-order valence-electron chi connectivity index (χ2n) is 6.95. The molecule has 0 aromatic rings. The maximum atomic E-state index is 10.0. The van der Waals surface area contributed by atoms with Gasteiger partial charge in [-0.05, 0) is 56.8 Å². The summed E-state index contributed by atoms with van der Waals surface area (Å²) in [5, 5.41) is 10.0. The first-order valence-corrected chi connectivity index (χ1v) is 7.93. The van der Waals surface area contributed by atoms with Gasteiger partial charge in [0.1, 0.15) is 0 Å². The van der Waals surface area contributed by atoms with E-state index < -0.39 is 0 Å². The molecule has 0 bridgehead atoms. The Morgan fingerprint density at radius 3 is 2.53 bits per heavy atom. The normalized spacial score (nSPS) is 43.7. The summed E-state index contributed by atoms with van der Waals surface area (Å²) in [5.74, 6) is 3.75. The monoisotopic (exact) mass is 262 g/mol. The second-order valence-corrected chi connectivity index (χ2v) is 6.95. The molecule has 1 N–H and O–H groups in total. The van der Waals surface area contributed by atoms with Crippen molar-refractivity contribution in [1.29, 1.82) is 0 Å². The molecule has 0 aromatic carbocycles. The van der Waals surface area contributed by atoms with Crippen molar-refractivity contribution in [3.8, 4) is 0 Å². The van der Waals surface area contributed by atoms with Crippen molar-refractivity contribution in [1.82, 2.24) is 0 Å². The molecule has 1 nitrogen and oxygen atoms in total. The van der Waals surface area contributed by atoms with Gasteiger partial charge in [-0.3, -0.25) is 0 Å². The SMILES string of the molecule is C/C=C(/C)[C@@H]1C(C)=C[C@@H]2[C@H]([C@@H]1CO)[C@@H](C)CC[C@@H]2C. The maximum absolute atomic E-state index is 10.0. The standard InChI is InChI=1S/C18H30O/c1-6-11(2)17-14(5)9-15-12(3)7-8-13(4)18(15)16(17)10-19/h6,9,12-13,15-19H,7-8,10H2,1-5H3/b11-6-/t12-,13-,15-,16+,17+,18+/m0/s1. The second kappa shape index (κ2) is 5.83. The van der Waals surface area contributed by atoms with E-state index in [1.165, 1.54) is 24.0 Å². The molecule has 0 amide bonds. The van der Waals surface area contributed by atoms with Gasteiger partial charge in [-0.25, -0.2) is 0 Å². The van der Waals surface area contributed by atoms with Gasteiger partial charge in [0.15, 0.2) is 0 Å². The van der Waals surface area contributed by atoms with Crippen molar-refractivity contribution in [3.05, 3.63) is 23.3 Å². The number of hydrogen-bond donors (Lipinski definition) is 1. The van der Waals surface area contributed by atoms with Crippen LogP contribution in [0.1, 0.15) is 47.5 Å². The molecule has 6 atom stereocenters. The van der Waals surface area contributed by atoms with Crippen LogP contribution in [0.4, 0.5) is 0 Å². The molecule has 1 fully saturated rings. The predicted octanol–water partition coefficient (Wildman–Crippen LogP) is 4.44. The summed E-state index contributed by atoms with van der Waals surface area (Å²) in [4.78, 5) is 0. The number of fused-ring (bicyclic) bond motifs is 1. The molecule has 1 heteroatoms. The summed E-state index contributed by atoms with van der Waals surface area (Å²) in [7, 11) is 0. The average Bonchev–Trinajstić information content (AvgIpc) is 2.40. The van der Waals surface area contributed by atoms with Gasteiger partial charge in [0, 0.05) is 12.5 Å². The molecule has 19 heavy (non-hydrogen) atoms. The Bertz CT molecular complexity index is 379. The largest absolute Gasteiger partial charge is 0.396 e. The highest BCUT2D eigenvalue weighted by atomic mass is 16.3. The van der Waals surface area contributed by atoms with E-state index in [4.69, 9.17) is 0 Å². The van der Waals surface area contributed by atoms with Crippen molar-refractivity contribution in [3.63, 3.8) is 0 Å². The van der Waals surface area contributed by atoms with E-state index in [0.717, 1.165) is 11.8 Å². The van der Waals surface area contributed by atoms with Crippen LogP contribution in [0.3, 0.4) is 0 Å². The lowest BCUT2D eigenvalue weighted by molar-refractivity contribution is 0.0259. The molecule has 2 aliphatic rings. The minimum Gasteiger partial charge on any atom is -0.396 e. The minimum absolute atomic E-state index is 0.333. The lowest BCUT2D eigenvalue weighted by Crippen LogP contribution is -2.44. The van der Waals surface area contributed by atoms with Crippen LogP contribution in [0.5, 0.6) is 0 Å². The number of aliphatic hydroxyl groups is 1. The van der Waals surface area contributed by atoms with Crippen LogP contribution in [-0.4, -0.2) is 11.7 Å². The molecular weight excluding hydrogens is 232 g/mol. The fourth-order valence-corrected chi connectivity index (χ4v) is 4.72. The molecule has 2 rings (SSSR count). The van der Waals surface area contributed by atoms with E-state index in [9.17, 15) is 5.11 Å². The van der Waals surface area contributed by atoms with E-state index in [1.807, 2.05) is 0 Å². The summed E-state index contributed by atoms with van der Waals surface area (Å²) >= 11 is 0. The zero-order valence-corrected chi connectivity index (χ0v) is 13.2. The first-order chi connectivity index (χ1) is 9.01. The molecular formula is C18H30O. The Labute approximate surface area is 118 Å². The Morgan fingerprint density at radius 1 is 1.32 bits per heavy atom. The summed E-state index contributed by atoms with van der Waals surface area (Å²) in [5.41, 5.74) is 2.91. The van der Waals surface area contributed by atoms with Gasteiger partial charge in [-0.1, -0.05) is 43.6 Å². The fraction of sp³-hybridized carbons (Fsp3) is 0.778. The third-order valence-corrected chi connectivity index (χ3v) is 5.86. The summed E-state index contributed by atoms with van der Waals surface area (Å²) in [6.07, 6.45) is 7.43. The Balaban J connectivity index is 2.42. The number of rotatable bonds is 2. The van der Waals surface area contributed by atoms with Crippen LogP contribution in [0.2, 0.25) is 0 Å². The van der Waals surface area contributed by atoms with Crippen LogP contribution in [0.25, 0.3) is 0 Å². The van der Waals surface area contributed by atoms with Crippen molar-refractivity contribution < 1.29 is 5.11 Å². The molecule has 0 heterocycles. The first kappa shape index (κ1) is 14.8. The summed E-state index contributed by atoms with van der Waals surface area (Å²) in [6, 6.07) is 0. The molecule has 108 valence electrons. The Morgan fingerprint density at radius 2 is 1.95 bits per heavy atom. The minimum atomic E-state index is 0.333. The molecule has 0 aliphatic heterocycles. The van der Waals surface area contributed by atoms with Crippen LogP contribution in [0, 0.1) is 35.5 Å². The number of allylic oxidation sites excluding steroid dienone is 4. The lowest BCUT2D eigenvalue weighted by atomic mass is 9.55. The molecule has 2 aliphatic carbocycles. The van der Waals surface area contributed by atoms with Crippen molar-refractivity contribution in [2.24, 2.45) is 35.5 Å². The van der Waals surface area contributed by atoms with Crippen molar-refractivity contribution in [2.75, 3.05) is 6.61 Å². The third-order valence-electron chi connectivity index (χ3n) is 5.86. The third kappa shape index (κ3) is 2.54. The Hall–Kier alpha value is -0.560. The van der Waals surface area contributed by atoms with E-state index in [-0.39, 0.29) is 0 Å². The zero-order valence-electron chi connectivity index (χ0n) is 13.2. The quantitative estimate of drug-likeness (QED) is 0.730. The first-order valence-electron chi connectivity index (χ1n) is 7.93. The predicted molar refractivity (Wildman–Crippen MR) is 81.8 cm³/mol. The molecule has 0 spiro atoms. The lowest BCUT2D eigenvalue weighted by Gasteiger charge is -2.49. The van der Waals surface area contributed by atoms with Gasteiger partial charge in [-0.15, -0.1) is 0 Å². The molecule has 0 radical (unpaired) electrons. The van der Waals surface area contributed by atoms with Gasteiger partial charge in [0.2, 0.25) is 0 Å². The van der Waals surface area contributed by atoms with Gasteiger partial charge < -0.3 is 5.11 Å². The topological polar surface area (TPSA) is 20.2 Å². The van der Waals surface area contributed by atoms with Crippen LogP contribution in [-0.2, 0) is 0 Å². The van der Waals surface area contributed by atoms with Crippen molar-refractivity contribution >= 4 is 0 Å². The maximum Gasteiger partial charge on any atom is 0.0471 e. The van der Waals surface area contributed by atoms with E-state index >= 15 is 0 Å². The van der Waals surface area contributed by atoms with E-state index in [0.29, 0.717) is 30.3 Å². The smallest absolute Gasteiger partial charge is 0.0471 e. The average molecular weight is 262 g/mol. The highest BCUT2D eigenvalue weighted by molar-refractivity contribution is 5.25. The van der Waals surface area contributed by atoms with Crippen LogP contribution in [0.15, 0.2) is 23.3 Å². The van der Waals surface area contributed by atoms with Gasteiger partial charge in [0.05, 0.1) is 0 Å². The van der Waals surface area contributed by atoms with Crippen LogP contribution < -0.4 is 0 Å². The number of aliphatic hydroxyl groups excluding tert-OH is 1. The van der Waals surface area contributed by atoms with Crippen molar-refractivity contribution in [2.45, 2.75) is 47.5 Å². The zero-order chi connectivity index (χ0) is 14.2. The number of hydrogen-bond acceptors (Lipinski definition) is 1. The van der Waals surface area contributed by atoms with E-state index in [1.54, 1.807) is 0 Å².